The van der Waals surface area contributed by atoms with E-state index in [1.165, 1.54) is 12.1 Å². The van der Waals surface area contributed by atoms with Gasteiger partial charge in [0.25, 0.3) is 0 Å². The van der Waals surface area contributed by atoms with Gasteiger partial charge in [-0.2, -0.15) is 0 Å². The molecule has 5 heteroatoms. The molecule has 24 heavy (non-hydrogen) atoms. The summed E-state index contributed by atoms with van der Waals surface area (Å²) in [5.41, 5.74) is 0.619. The van der Waals surface area contributed by atoms with Gasteiger partial charge in [0, 0.05) is 31.6 Å². The molecule has 4 nitrogen and oxygen atoms in total. The summed E-state index contributed by atoms with van der Waals surface area (Å²) in [6, 6.07) is 6.76. The molecule has 1 N–H and O–H groups in total. The number of benzene rings is 1. The minimum atomic E-state index is -0.696. The number of hydrogen-bond donors (Lipinski definition) is 1. The number of rotatable bonds is 5. The van der Waals surface area contributed by atoms with Gasteiger partial charge in [-0.05, 0) is 49.9 Å². The first-order valence-electron chi connectivity index (χ1n) is 9.07. The summed E-state index contributed by atoms with van der Waals surface area (Å²) < 4.78 is 13.4. The fraction of sp³-hybridized carbons (Fsp3) is 0.632. The van der Waals surface area contributed by atoms with Crippen LogP contribution in [0.1, 0.15) is 50.7 Å². The van der Waals surface area contributed by atoms with Gasteiger partial charge in [-0.1, -0.05) is 19.1 Å². The Balaban J connectivity index is 1.68. The van der Waals surface area contributed by atoms with Crippen LogP contribution in [0.25, 0.3) is 0 Å². The summed E-state index contributed by atoms with van der Waals surface area (Å²) >= 11 is 0. The van der Waals surface area contributed by atoms with Crippen LogP contribution in [-0.2, 0) is 4.79 Å². The highest BCUT2D eigenvalue weighted by Gasteiger charge is 2.39. The molecule has 1 amide bonds. The number of aliphatic hydroxyl groups excluding tert-OH is 1. The van der Waals surface area contributed by atoms with Crippen molar-refractivity contribution in [2.75, 3.05) is 19.6 Å². The Kier molecular flexibility index (Phi) is 5.51. The Labute approximate surface area is 143 Å². The Morgan fingerprint density at radius 3 is 2.79 bits per heavy atom. The molecule has 0 radical (unpaired) electrons. The van der Waals surface area contributed by atoms with Crippen LogP contribution in [0, 0.1) is 5.82 Å². The second kappa shape index (κ2) is 7.62. The highest BCUT2D eigenvalue weighted by atomic mass is 19.1. The van der Waals surface area contributed by atoms with Gasteiger partial charge >= 0.3 is 0 Å². The maximum Gasteiger partial charge on any atom is 0.222 e. The Bertz CT molecular complexity index is 580. The van der Waals surface area contributed by atoms with Crippen LogP contribution in [0.15, 0.2) is 24.3 Å². The molecule has 2 fully saturated rings. The molecule has 2 saturated heterocycles. The summed E-state index contributed by atoms with van der Waals surface area (Å²) in [6.07, 6.45) is 4.11. The first-order chi connectivity index (χ1) is 11.6. The highest BCUT2D eigenvalue weighted by molar-refractivity contribution is 5.76. The van der Waals surface area contributed by atoms with Gasteiger partial charge in [-0.25, -0.2) is 4.39 Å². The number of aliphatic hydroxyl groups is 1. The first kappa shape index (κ1) is 17.4. The average molecular weight is 334 g/mol. The third kappa shape index (κ3) is 3.62. The van der Waals surface area contributed by atoms with E-state index in [0.717, 1.165) is 38.8 Å². The molecule has 2 heterocycles. The third-order valence-corrected chi connectivity index (χ3v) is 5.42. The van der Waals surface area contributed by atoms with Crippen molar-refractivity contribution < 1.29 is 14.3 Å². The van der Waals surface area contributed by atoms with Crippen molar-refractivity contribution in [2.45, 2.75) is 57.2 Å². The van der Waals surface area contributed by atoms with E-state index in [1.807, 2.05) is 11.8 Å². The summed E-state index contributed by atoms with van der Waals surface area (Å²) in [7, 11) is 0. The topological polar surface area (TPSA) is 43.8 Å². The van der Waals surface area contributed by atoms with Crippen LogP contribution < -0.4 is 0 Å². The van der Waals surface area contributed by atoms with Crippen LogP contribution in [0.5, 0.6) is 0 Å². The molecule has 0 saturated carbocycles. The van der Waals surface area contributed by atoms with E-state index in [-0.39, 0.29) is 17.8 Å². The highest BCUT2D eigenvalue weighted by Crippen LogP contribution is 2.31. The Morgan fingerprint density at radius 1 is 1.29 bits per heavy atom. The van der Waals surface area contributed by atoms with Gasteiger partial charge in [0.2, 0.25) is 5.91 Å². The molecule has 0 spiro atoms. The molecule has 132 valence electrons. The number of carbonyl (C=O) groups excluding carboxylic acids is 1. The van der Waals surface area contributed by atoms with Crippen molar-refractivity contribution in [3.05, 3.63) is 35.6 Å². The molecule has 1 aromatic carbocycles. The van der Waals surface area contributed by atoms with Crippen LogP contribution in [0.2, 0.25) is 0 Å². The third-order valence-electron chi connectivity index (χ3n) is 5.42. The maximum absolute atomic E-state index is 13.4. The lowest BCUT2D eigenvalue weighted by atomic mass is 10.0. The van der Waals surface area contributed by atoms with Gasteiger partial charge < -0.3 is 10.0 Å². The molecule has 2 aliphatic rings. The maximum atomic E-state index is 13.4. The quantitative estimate of drug-likeness (QED) is 0.900. The van der Waals surface area contributed by atoms with Gasteiger partial charge in [0.05, 0.1) is 6.10 Å². The number of hydrogen-bond acceptors (Lipinski definition) is 3. The van der Waals surface area contributed by atoms with E-state index in [0.29, 0.717) is 24.6 Å². The summed E-state index contributed by atoms with van der Waals surface area (Å²) in [5, 5.41) is 10.5. The predicted molar refractivity (Wildman–Crippen MR) is 91.0 cm³/mol. The smallest absolute Gasteiger partial charge is 0.222 e. The number of nitrogens with zero attached hydrogens (tertiary/aromatic N) is 2. The van der Waals surface area contributed by atoms with E-state index >= 15 is 0 Å². The van der Waals surface area contributed by atoms with Crippen LogP contribution >= 0.6 is 0 Å². The molecule has 3 atom stereocenters. The standard InChI is InChI=1S/C19H27FN2O2/c1-2-19(24)22-11-5-9-17(22)16-8-4-10-21(16)13-18(23)14-6-3-7-15(20)12-14/h3,6-7,12,16-18,23H,2,4-5,8-11,13H2,1H3/t16-,17-,18+/m1/s1. The second-order valence-electron chi connectivity index (χ2n) is 6.93. The fourth-order valence-corrected chi connectivity index (χ4v) is 4.26. The van der Waals surface area contributed by atoms with Crippen molar-refractivity contribution in [1.82, 2.24) is 9.80 Å². The largest absolute Gasteiger partial charge is 0.387 e. The number of β-amino-alcohol motifs (C(OH)–C–C–N with tert-alkyl or cyclic N) is 1. The fourth-order valence-electron chi connectivity index (χ4n) is 4.26. The van der Waals surface area contributed by atoms with Gasteiger partial charge in [-0.15, -0.1) is 0 Å². The molecular formula is C19H27FN2O2. The van der Waals surface area contributed by atoms with E-state index in [4.69, 9.17) is 0 Å². The summed E-state index contributed by atoms with van der Waals surface area (Å²) in [5.74, 6) is -0.0879. The van der Waals surface area contributed by atoms with E-state index in [1.54, 1.807) is 12.1 Å². The van der Waals surface area contributed by atoms with E-state index in [2.05, 4.69) is 4.90 Å². The Morgan fingerprint density at radius 2 is 2.04 bits per heavy atom. The first-order valence-corrected chi connectivity index (χ1v) is 9.07. The number of carbonyl (C=O) groups is 1. The lowest BCUT2D eigenvalue weighted by molar-refractivity contribution is -0.132. The second-order valence-corrected chi connectivity index (χ2v) is 6.93. The van der Waals surface area contributed by atoms with Gasteiger partial charge in [0.1, 0.15) is 5.82 Å². The summed E-state index contributed by atoms with van der Waals surface area (Å²) in [4.78, 5) is 16.5. The number of likely N-dealkylation sites (tertiary alicyclic amines) is 2. The van der Waals surface area contributed by atoms with Gasteiger partial charge in [-0.3, -0.25) is 9.69 Å². The molecular weight excluding hydrogens is 307 g/mol. The lowest BCUT2D eigenvalue weighted by Crippen LogP contribution is -2.49. The monoisotopic (exact) mass is 334 g/mol. The number of amides is 1. The van der Waals surface area contributed by atoms with E-state index < -0.39 is 6.10 Å². The van der Waals surface area contributed by atoms with Crippen LogP contribution in [0.3, 0.4) is 0 Å². The number of halogens is 1. The minimum Gasteiger partial charge on any atom is -0.387 e. The zero-order valence-electron chi connectivity index (χ0n) is 14.3. The SMILES string of the molecule is CCC(=O)N1CCC[C@@H]1[C@H]1CCCN1C[C@H](O)c1cccc(F)c1. The normalized spacial score (nSPS) is 26.0. The van der Waals surface area contributed by atoms with E-state index in [9.17, 15) is 14.3 Å². The zero-order valence-corrected chi connectivity index (χ0v) is 14.3. The molecule has 0 bridgehead atoms. The average Bonchev–Trinajstić information content (AvgIpc) is 3.22. The van der Waals surface area contributed by atoms with Crippen LogP contribution in [-0.4, -0.2) is 52.5 Å². The van der Waals surface area contributed by atoms with Crippen molar-refractivity contribution in [1.29, 1.82) is 0 Å². The Hall–Kier alpha value is -1.46. The van der Waals surface area contributed by atoms with Gasteiger partial charge in [0.15, 0.2) is 0 Å². The van der Waals surface area contributed by atoms with Crippen LogP contribution in [0.4, 0.5) is 4.39 Å². The minimum absolute atomic E-state index is 0.232. The van der Waals surface area contributed by atoms with Crippen molar-refractivity contribution in [3.8, 4) is 0 Å². The molecule has 0 aliphatic carbocycles. The van der Waals surface area contributed by atoms with Crippen molar-refractivity contribution >= 4 is 5.91 Å². The lowest BCUT2D eigenvalue weighted by Gasteiger charge is -2.36. The molecule has 0 unspecified atom stereocenters. The summed E-state index contributed by atoms with van der Waals surface area (Å²) in [6.45, 7) is 4.20. The van der Waals surface area contributed by atoms with Crippen molar-refractivity contribution in [3.63, 3.8) is 0 Å². The zero-order chi connectivity index (χ0) is 17.1. The predicted octanol–water partition coefficient (Wildman–Crippen LogP) is 2.72. The molecule has 2 aliphatic heterocycles. The van der Waals surface area contributed by atoms with Crippen molar-refractivity contribution in [2.24, 2.45) is 0 Å². The molecule has 0 aromatic heterocycles. The molecule has 3 rings (SSSR count). The molecule has 1 aromatic rings.